The van der Waals surface area contributed by atoms with Crippen molar-refractivity contribution in [2.24, 2.45) is 5.92 Å². The van der Waals surface area contributed by atoms with Crippen LogP contribution in [0.1, 0.15) is 19.3 Å². The van der Waals surface area contributed by atoms with Crippen LogP contribution in [0, 0.1) is 5.92 Å². The van der Waals surface area contributed by atoms with E-state index in [9.17, 15) is 9.59 Å². The molecule has 0 saturated carbocycles. The highest BCUT2D eigenvalue weighted by Crippen LogP contribution is 2.29. The fourth-order valence-electron chi connectivity index (χ4n) is 3.75. The first-order valence-corrected chi connectivity index (χ1v) is 9.70. The molecule has 5 nitrogen and oxygen atoms in total. The highest BCUT2D eigenvalue weighted by atomic mass is 35.5. The number of benzene rings is 2. The normalized spacial score (nSPS) is 19.6. The average molecular weight is 384 g/mol. The second kappa shape index (κ2) is 7.61. The Kier molecular flexibility index (Phi) is 5.03. The molecule has 6 heteroatoms. The molecule has 0 aromatic heterocycles. The Labute approximate surface area is 163 Å². The molecule has 2 aromatic carbocycles. The van der Waals surface area contributed by atoms with E-state index < -0.39 is 0 Å². The molecular formula is C21H22ClN3O2. The molecule has 0 radical (unpaired) electrons. The van der Waals surface area contributed by atoms with E-state index >= 15 is 0 Å². The van der Waals surface area contributed by atoms with Crippen LogP contribution in [0.2, 0.25) is 5.02 Å². The molecule has 0 aliphatic carbocycles. The van der Waals surface area contributed by atoms with Gasteiger partial charge in [0.1, 0.15) is 0 Å². The van der Waals surface area contributed by atoms with E-state index in [2.05, 4.69) is 22.3 Å². The summed E-state index contributed by atoms with van der Waals surface area (Å²) in [6.45, 7) is 2.57. The standard InChI is InChI=1S/C21H22ClN3O2/c22-18-5-1-2-6-19(18)23-21(27)15-13-20(26)25(14-15)17-9-7-16(8-10-17)24-11-3-4-12-24/h1-2,5-10,15H,3-4,11-14H2,(H,23,27). The molecule has 1 unspecified atom stereocenters. The summed E-state index contributed by atoms with van der Waals surface area (Å²) in [5.41, 5.74) is 2.61. The second-order valence-corrected chi connectivity index (χ2v) is 7.49. The fraction of sp³-hybridized carbons (Fsp3) is 0.333. The number of rotatable bonds is 4. The smallest absolute Gasteiger partial charge is 0.229 e. The lowest BCUT2D eigenvalue weighted by Gasteiger charge is -2.20. The zero-order chi connectivity index (χ0) is 18.8. The van der Waals surface area contributed by atoms with Gasteiger partial charge in [-0.05, 0) is 49.2 Å². The molecule has 2 aliphatic rings. The summed E-state index contributed by atoms with van der Waals surface area (Å²) in [7, 11) is 0. The Balaban J connectivity index is 1.42. The molecule has 27 heavy (non-hydrogen) atoms. The first kappa shape index (κ1) is 17.9. The molecule has 4 rings (SSSR count). The summed E-state index contributed by atoms with van der Waals surface area (Å²) in [6, 6.07) is 15.2. The SMILES string of the molecule is O=C(Nc1ccccc1Cl)C1CC(=O)N(c2ccc(N3CCCC3)cc2)C1. The van der Waals surface area contributed by atoms with Gasteiger partial charge in [-0.1, -0.05) is 23.7 Å². The zero-order valence-corrected chi connectivity index (χ0v) is 15.8. The predicted molar refractivity (Wildman–Crippen MR) is 108 cm³/mol. The van der Waals surface area contributed by atoms with E-state index in [-0.39, 0.29) is 24.2 Å². The third kappa shape index (κ3) is 3.78. The van der Waals surface area contributed by atoms with E-state index in [1.807, 2.05) is 24.3 Å². The number of carbonyl (C=O) groups excluding carboxylic acids is 2. The van der Waals surface area contributed by atoms with Gasteiger partial charge in [-0.3, -0.25) is 9.59 Å². The molecular weight excluding hydrogens is 362 g/mol. The summed E-state index contributed by atoms with van der Waals surface area (Å²) in [5, 5.41) is 3.32. The molecule has 2 aliphatic heterocycles. The van der Waals surface area contributed by atoms with Gasteiger partial charge < -0.3 is 15.1 Å². The van der Waals surface area contributed by atoms with Crippen molar-refractivity contribution in [1.29, 1.82) is 0 Å². The highest BCUT2D eigenvalue weighted by Gasteiger charge is 2.35. The van der Waals surface area contributed by atoms with Crippen molar-refractivity contribution in [3.63, 3.8) is 0 Å². The van der Waals surface area contributed by atoms with Crippen LogP contribution in [-0.2, 0) is 9.59 Å². The van der Waals surface area contributed by atoms with E-state index in [4.69, 9.17) is 11.6 Å². The molecule has 1 N–H and O–H groups in total. The summed E-state index contributed by atoms with van der Waals surface area (Å²) >= 11 is 6.10. The zero-order valence-electron chi connectivity index (χ0n) is 15.0. The van der Waals surface area contributed by atoms with E-state index in [0.29, 0.717) is 17.3 Å². The maximum Gasteiger partial charge on any atom is 0.229 e. The van der Waals surface area contributed by atoms with Gasteiger partial charge in [-0.2, -0.15) is 0 Å². The van der Waals surface area contributed by atoms with Crippen molar-refractivity contribution in [3.05, 3.63) is 53.6 Å². The maximum absolute atomic E-state index is 12.6. The van der Waals surface area contributed by atoms with Gasteiger partial charge >= 0.3 is 0 Å². The average Bonchev–Trinajstić information content (AvgIpc) is 3.34. The number of anilines is 3. The van der Waals surface area contributed by atoms with Gasteiger partial charge in [0.2, 0.25) is 11.8 Å². The molecule has 0 spiro atoms. The first-order chi connectivity index (χ1) is 13.1. The Morgan fingerprint density at radius 3 is 2.37 bits per heavy atom. The predicted octanol–water partition coefficient (Wildman–Crippen LogP) is 3.93. The number of halogens is 1. The van der Waals surface area contributed by atoms with Crippen LogP contribution in [-0.4, -0.2) is 31.4 Å². The van der Waals surface area contributed by atoms with Crippen LogP contribution >= 0.6 is 11.6 Å². The molecule has 2 fully saturated rings. The number of para-hydroxylation sites is 1. The molecule has 2 saturated heterocycles. The number of nitrogens with zero attached hydrogens (tertiary/aromatic N) is 2. The van der Waals surface area contributed by atoms with Crippen molar-refractivity contribution in [3.8, 4) is 0 Å². The molecule has 140 valence electrons. The van der Waals surface area contributed by atoms with Crippen LogP contribution in [0.4, 0.5) is 17.1 Å². The Bertz CT molecular complexity index is 847. The summed E-state index contributed by atoms with van der Waals surface area (Å²) in [5.74, 6) is -0.581. The third-order valence-electron chi connectivity index (χ3n) is 5.26. The summed E-state index contributed by atoms with van der Waals surface area (Å²) in [4.78, 5) is 29.1. The molecule has 1 atom stereocenters. The van der Waals surface area contributed by atoms with Gasteiger partial charge in [0.25, 0.3) is 0 Å². The summed E-state index contributed by atoms with van der Waals surface area (Å²) in [6.07, 6.45) is 2.67. The van der Waals surface area contributed by atoms with Crippen LogP contribution in [0.5, 0.6) is 0 Å². The maximum atomic E-state index is 12.6. The number of carbonyl (C=O) groups is 2. The van der Waals surface area contributed by atoms with E-state index in [1.54, 1.807) is 17.0 Å². The van der Waals surface area contributed by atoms with Crippen molar-refractivity contribution in [2.45, 2.75) is 19.3 Å². The van der Waals surface area contributed by atoms with E-state index in [0.717, 1.165) is 18.8 Å². The fourth-order valence-corrected chi connectivity index (χ4v) is 3.93. The minimum Gasteiger partial charge on any atom is -0.372 e. The highest BCUT2D eigenvalue weighted by molar-refractivity contribution is 6.33. The monoisotopic (exact) mass is 383 g/mol. The number of hydrogen-bond donors (Lipinski definition) is 1. The van der Waals surface area contributed by atoms with Gasteiger partial charge in [0.05, 0.1) is 16.6 Å². The molecule has 2 heterocycles. The minimum absolute atomic E-state index is 0.0248. The lowest BCUT2D eigenvalue weighted by Crippen LogP contribution is -2.28. The number of hydrogen-bond acceptors (Lipinski definition) is 3. The van der Waals surface area contributed by atoms with Gasteiger partial charge in [-0.25, -0.2) is 0 Å². The van der Waals surface area contributed by atoms with Gasteiger partial charge in [0.15, 0.2) is 0 Å². The number of nitrogens with one attached hydrogen (secondary N) is 1. The Morgan fingerprint density at radius 1 is 1.00 bits per heavy atom. The first-order valence-electron chi connectivity index (χ1n) is 9.32. The van der Waals surface area contributed by atoms with Crippen molar-refractivity contribution in [1.82, 2.24) is 0 Å². The topological polar surface area (TPSA) is 52.7 Å². The Hall–Kier alpha value is -2.53. The Morgan fingerprint density at radius 2 is 1.67 bits per heavy atom. The van der Waals surface area contributed by atoms with Crippen LogP contribution in [0.25, 0.3) is 0 Å². The molecule has 0 bridgehead atoms. The molecule has 2 aromatic rings. The lowest BCUT2D eigenvalue weighted by molar-refractivity contribution is -0.122. The van der Waals surface area contributed by atoms with E-state index in [1.165, 1.54) is 18.5 Å². The van der Waals surface area contributed by atoms with Crippen molar-refractivity contribution >= 4 is 40.5 Å². The van der Waals surface area contributed by atoms with Crippen molar-refractivity contribution < 1.29 is 9.59 Å². The molecule has 2 amide bonds. The quantitative estimate of drug-likeness (QED) is 0.870. The van der Waals surface area contributed by atoms with Crippen molar-refractivity contribution in [2.75, 3.05) is 34.8 Å². The number of amides is 2. The van der Waals surface area contributed by atoms with Crippen LogP contribution in [0.15, 0.2) is 48.5 Å². The summed E-state index contributed by atoms with van der Waals surface area (Å²) < 4.78 is 0. The second-order valence-electron chi connectivity index (χ2n) is 7.09. The lowest BCUT2D eigenvalue weighted by atomic mass is 10.1. The van der Waals surface area contributed by atoms with Gasteiger partial charge in [-0.15, -0.1) is 0 Å². The largest absolute Gasteiger partial charge is 0.372 e. The van der Waals surface area contributed by atoms with Crippen LogP contribution < -0.4 is 15.1 Å². The van der Waals surface area contributed by atoms with Crippen LogP contribution in [0.3, 0.4) is 0 Å². The minimum atomic E-state index is -0.382. The van der Waals surface area contributed by atoms with Gasteiger partial charge in [0, 0.05) is 37.4 Å². The third-order valence-corrected chi connectivity index (χ3v) is 5.59.